The Hall–Kier alpha value is -3.45. The Bertz CT molecular complexity index is 1130. The predicted molar refractivity (Wildman–Crippen MR) is 165 cm³/mol. The van der Waals surface area contributed by atoms with Crippen molar-refractivity contribution in [2.45, 2.75) is 77.4 Å². The second-order valence-electron chi connectivity index (χ2n) is 12.1. The van der Waals surface area contributed by atoms with Crippen molar-refractivity contribution < 1.29 is 14.4 Å². The van der Waals surface area contributed by atoms with Gasteiger partial charge in [0.25, 0.3) is 0 Å². The zero-order valence-corrected chi connectivity index (χ0v) is 25.3. The average molecular weight is 561 g/mol. The first-order valence-corrected chi connectivity index (χ1v) is 14.9. The molecule has 3 amide bonds. The molecule has 0 saturated carbocycles. The highest BCUT2D eigenvalue weighted by atomic mass is 16.2. The van der Waals surface area contributed by atoms with Gasteiger partial charge in [0.05, 0.1) is 0 Å². The van der Waals surface area contributed by atoms with Crippen LogP contribution in [0.5, 0.6) is 0 Å². The van der Waals surface area contributed by atoms with Crippen LogP contribution in [0, 0.1) is 5.41 Å². The number of aryl methyl sites for hydroxylation is 1. The fourth-order valence-electron chi connectivity index (χ4n) is 5.45. The Morgan fingerprint density at radius 1 is 1.02 bits per heavy atom. The molecular weight excluding hydrogens is 512 g/mol. The number of hydrogen-bond donors (Lipinski definition) is 2. The third kappa shape index (κ3) is 9.56. The van der Waals surface area contributed by atoms with Crippen LogP contribution in [-0.4, -0.2) is 72.3 Å². The molecule has 1 heterocycles. The summed E-state index contributed by atoms with van der Waals surface area (Å²) in [6.07, 6.45) is 6.12. The summed E-state index contributed by atoms with van der Waals surface area (Å²) in [5.74, 6) is -0.240. The van der Waals surface area contributed by atoms with Crippen LogP contribution in [0.3, 0.4) is 0 Å². The molecule has 1 saturated heterocycles. The van der Waals surface area contributed by atoms with Crippen molar-refractivity contribution in [3.8, 4) is 0 Å². The van der Waals surface area contributed by atoms with Gasteiger partial charge in [-0.25, -0.2) is 0 Å². The van der Waals surface area contributed by atoms with Crippen LogP contribution in [0.4, 0.5) is 0 Å². The largest absolute Gasteiger partial charge is 0.342 e. The lowest BCUT2D eigenvalue weighted by Crippen LogP contribution is -2.59. The van der Waals surface area contributed by atoms with Gasteiger partial charge in [-0.2, -0.15) is 0 Å². The zero-order valence-electron chi connectivity index (χ0n) is 25.3. The third-order valence-corrected chi connectivity index (χ3v) is 7.88. The van der Waals surface area contributed by atoms with E-state index in [1.54, 1.807) is 7.05 Å². The van der Waals surface area contributed by atoms with Gasteiger partial charge in [0, 0.05) is 32.1 Å². The molecule has 7 nitrogen and oxygen atoms in total. The summed E-state index contributed by atoms with van der Waals surface area (Å²) in [5, 5.41) is 5.90. The third-order valence-electron chi connectivity index (χ3n) is 7.88. The number of nitrogens with zero attached hydrogens (tertiary/aromatic N) is 2. The van der Waals surface area contributed by atoms with E-state index in [1.165, 1.54) is 17.2 Å². The summed E-state index contributed by atoms with van der Waals surface area (Å²) in [4.78, 5) is 44.2. The van der Waals surface area contributed by atoms with Crippen LogP contribution in [0.15, 0.2) is 73.3 Å². The quantitative estimate of drug-likeness (QED) is 0.336. The van der Waals surface area contributed by atoms with Crippen molar-refractivity contribution in [2.24, 2.45) is 5.41 Å². The van der Waals surface area contributed by atoms with Crippen molar-refractivity contribution >= 4 is 17.7 Å². The lowest BCUT2D eigenvalue weighted by molar-refractivity contribution is -0.142. The number of hydrogen-bond acceptors (Lipinski definition) is 4. The van der Waals surface area contributed by atoms with Gasteiger partial charge in [0.15, 0.2) is 0 Å². The summed E-state index contributed by atoms with van der Waals surface area (Å²) in [6.45, 7) is 11.3. The fourth-order valence-corrected chi connectivity index (χ4v) is 5.45. The lowest BCUT2D eigenvalue weighted by atomic mass is 9.85. The molecule has 1 fully saturated rings. The van der Waals surface area contributed by atoms with Gasteiger partial charge < -0.3 is 20.4 Å². The summed E-state index contributed by atoms with van der Waals surface area (Å²) < 4.78 is 0. The van der Waals surface area contributed by atoms with E-state index in [0.717, 1.165) is 32.1 Å². The molecule has 1 aliphatic heterocycles. The Kier molecular flexibility index (Phi) is 12.1. The Morgan fingerprint density at radius 2 is 1.63 bits per heavy atom. The zero-order chi connectivity index (χ0) is 29.8. The van der Waals surface area contributed by atoms with Gasteiger partial charge in [-0.1, -0.05) is 87.5 Å². The first kappa shape index (κ1) is 32.1. The maximum atomic E-state index is 14.0. The first-order valence-electron chi connectivity index (χ1n) is 14.9. The van der Waals surface area contributed by atoms with Gasteiger partial charge in [0.1, 0.15) is 12.1 Å². The van der Waals surface area contributed by atoms with Crippen molar-refractivity contribution in [3.05, 3.63) is 84.4 Å². The maximum absolute atomic E-state index is 14.0. The maximum Gasteiger partial charge on any atom is 0.246 e. The average Bonchev–Trinajstić information content (AvgIpc) is 3.43. The van der Waals surface area contributed by atoms with E-state index < -0.39 is 17.5 Å². The number of amides is 3. The van der Waals surface area contributed by atoms with Crippen LogP contribution in [0.25, 0.3) is 0 Å². The molecule has 3 atom stereocenters. The van der Waals surface area contributed by atoms with Crippen LogP contribution < -0.4 is 10.6 Å². The van der Waals surface area contributed by atoms with Crippen molar-refractivity contribution in [1.82, 2.24) is 20.4 Å². The molecule has 0 spiro atoms. The molecule has 3 rings (SSSR count). The van der Waals surface area contributed by atoms with Crippen LogP contribution >= 0.6 is 0 Å². The number of carbonyl (C=O) groups is 3. The molecule has 222 valence electrons. The minimum Gasteiger partial charge on any atom is -0.342 e. The van der Waals surface area contributed by atoms with E-state index in [2.05, 4.69) is 41.5 Å². The van der Waals surface area contributed by atoms with Gasteiger partial charge in [-0.3, -0.25) is 14.4 Å². The minimum atomic E-state index is -0.689. The Morgan fingerprint density at radius 3 is 2.20 bits per heavy atom. The fraction of sp³-hybridized carbons (Fsp3) is 0.500. The van der Waals surface area contributed by atoms with Gasteiger partial charge in [-0.05, 0) is 55.7 Å². The molecule has 7 heteroatoms. The molecule has 2 aromatic carbocycles. The molecule has 2 aromatic rings. The number of rotatable bonds is 14. The number of nitrogens with one attached hydrogen (secondary N) is 2. The van der Waals surface area contributed by atoms with Crippen LogP contribution in [0.2, 0.25) is 0 Å². The second kappa shape index (κ2) is 15.5. The van der Waals surface area contributed by atoms with E-state index >= 15 is 0 Å². The van der Waals surface area contributed by atoms with Crippen LogP contribution in [0.1, 0.15) is 57.6 Å². The topological polar surface area (TPSA) is 81.8 Å². The molecule has 0 bridgehead atoms. The smallest absolute Gasteiger partial charge is 0.246 e. The standard InChI is InChI=1S/C34H48N4O3/c1-6-29(35-5)32(40)36-31(34(2,3)4)33(41)38-23-14-20-28(38)25-37(24-22-27-17-11-8-12-18-27)30(39)21-13-19-26-15-9-7-10-16-26/h6-12,15-18,28-29,31,35H,1,13-14,19-25H2,2-5H3,(H,36,40)/t28-,29-,31+/m0/s1. The van der Waals surface area contributed by atoms with E-state index in [4.69, 9.17) is 0 Å². The predicted octanol–water partition coefficient (Wildman–Crippen LogP) is 4.38. The monoisotopic (exact) mass is 560 g/mol. The van der Waals surface area contributed by atoms with E-state index in [0.29, 0.717) is 26.1 Å². The van der Waals surface area contributed by atoms with Crippen molar-refractivity contribution in [3.63, 3.8) is 0 Å². The minimum absolute atomic E-state index is 0.0856. The number of likely N-dealkylation sites (N-methyl/N-ethyl adjacent to an activating group) is 1. The SMILES string of the molecule is C=C[C@H](NC)C(=O)N[C@H](C(=O)N1CCC[C@H]1CN(CCc1ccccc1)C(=O)CCCc1ccccc1)C(C)(C)C. The first-order chi connectivity index (χ1) is 19.6. The normalized spacial score (nSPS) is 16.6. The van der Waals surface area contributed by atoms with E-state index in [-0.39, 0.29) is 23.8 Å². The van der Waals surface area contributed by atoms with Crippen molar-refractivity contribution in [2.75, 3.05) is 26.7 Å². The molecular formula is C34H48N4O3. The Labute approximate surface area is 246 Å². The molecule has 0 radical (unpaired) electrons. The highest BCUT2D eigenvalue weighted by Gasteiger charge is 2.40. The van der Waals surface area contributed by atoms with Crippen molar-refractivity contribution in [1.29, 1.82) is 0 Å². The summed E-state index contributed by atoms with van der Waals surface area (Å²) in [7, 11) is 1.69. The number of likely N-dealkylation sites (tertiary alicyclic amines) is 1. The summed E-state index contributed by atoms with van der Waals surface area (Å²) >= 11 is 0. The van der Waals surface area contributed by atoms with Crippen LogP contribution in [-0.2, 0) is 27.2 Å². The number of carbonyl (C=O) groups excluding carboxylic acids is 3. The van der Waals surface area contributed by atoms with Gasteiger partial charge >= 0.3 is 0 Å². The molecule has 0 aromatic heterocycles. The highest BCUT2D eigenvalue weighted by molar-refractivity contribution is 5.91. The molecule has 2 N–H and O–H groups in total. The summed E-state index contributed by atoms with van der Waals surface area (Å²) in [5.41, 5.74) is 1.93. The Balaban J connectivity index is 1.72. The highest BCUT2D eigenvalue weighted by Crippen LogP contribution is 2.26. The number of benzene rings is 2. The van der Waals surface area contributed by atoms with Gasteiger partial charge in [0.2, 0.25) is 17.7 Å². The molecule has 0 aliphatic carbocycles. The van der Waals surface area contributed by atoms with E-state index in [1.807, 2.05) is 67.0 Å². The molecule has 0 unspecified atom stereocenters. The molecule has 41 heavy (non-hydrogen) atoms. The van der Waals surface area contributed by atoms with E-state index in [9.17, 15) is 14.4 Å². The van der Waals surface area contributed by atoms with Gasteiger partial charge in [-0.15, -0.1) is 6.58 Å². The second-order valence-corrected chi connectivity index (χ2v) is 12.1. The lowest BCUT2D eigenvalue weighted by Gasteiger charge is -2.37. The summed E-state index contributed by atoms with van der Waals surface area (Å²) in [6, 6.07) is 19.1. The molecule has 1 aliphatic rings.